The number of carbonyl (C=O) groups is 2. The fourth-order valence-electron chi connectivity index (χ4n) is 3.51. The van der Waals surface area contributed by atoms with Crippen LogP contribution in [0.1, 0.15) is 23.7 Å². The number of hydrogen-bond donors (Lipinski definition) is 1. The van der Waals surface area contributed by atoms with Crippen molar-refractivity contribution in [2.45, 2.75) is 13.3 Å². The Morgan fingerprint density at radius 3 is 2.38 bits per heavy atom. The molecule has 0 aromatic heterocycles. The van der Waals surface area contributed by atoms with Gasteiger partial charge in [-0.25, -0.2) is 0 Å². The van der Waals surface area contributed by atoms with Crippen molar-refractivity contribution in [3.05, 3.63) is 54.1 Å². The number of benzene rings is 2. The highest BCUT2D eigenvalue weighted by Crippen LogP contribution is 2.36. The monoisotopic (exact) mass is 399 g/mol. The largest absolute Gasteiger partial charge is 0.490 e. The smallest absolute Gasteiger partial charge is 0.313 e. The minimum atomic E-state index is -1.08. The lowest BCUT2D eigenvalue weighted by Gasteiger charge is -2.24. The van der Waals surface area contributed by atoms with E-state index in [0.717, 1.165) is 0 Å². The van der Waals surface area contributed by atoms with Crippen LogP contribution in [0, 0.1) is 5.41 Å². The summed E-state index contributed by atoms with van der Waals surface area (Å²) in [7, 11) is 1.47. The van der Waals surface area contributed by atoms with Gasteiger partial charge in [-0.15, -0.1) is 0 Å². The van der Waals surface area contributed by atoms with Gasteiger partial charge in [-0.2, -0.15) is 0 Å². The molecule has 1 heterocycles. The maximum Gasteiger partial charge on any atom is 0.313 e. The summed E-state index contributed by atoms with van der Waals surface area (Å²) in [6.07, 6.45) is 0.345. The van der Waals surface area contributed by atoms with E-state index in [1.807, 2.05) is 19.1 Å². The SMILES string of the molecule is CCOc1ccccc1Oc1ccccc1C(=O)N1CCC(COC)(C(=O)O)C1. The lowest BCUT2D eigenvalue weighted by molar-refractivity contribution is -0.151. The minimum Gasteiger partial charge on any atom is -0.490 e. The van der Waals surface area contributed by atoms with Crippen molar-refractivity contribution in [1.29, 1.82) is 0 Å². The Morgan fingerprint density at radius 2 is 1.72 bits per heavy atom. The Bertz CT molecular complexity index is 883. The van der Waals surface area contributed by atoms with Crippen LogP contribution in [0.3, 0.4) is 0 Å². The van der Waals surface area contributed by atoms with Gasteiger partial charge in [0, 0.05) is 20.2 Å². The summed E-state index contributed by atoms with van der Waals surface area (Å²) in [4.78, 5) is 26.5. The van der Waals surface area contributed by atoms with E-state index in [1.165, 1.54) is 7.11 Å². The summed E-state index contributed by atoms with van der Waals surface area (Å²) in [5.74, 6) is 0.265. The van der Waals surface area contributed by atoms with Gasteiger partial charge < -0.3 is 24.2 Å². The number of carboxylic acid groups (broad SMARTS) is 1. The van der Waals surface area contributed by atoms with Crippen LogP contribution in [-0.4, -0.2) is 55.3 Å². The van der Waals surface area contributed by atoms with E-state index in [9.17, 15) is 14.7 Å². The summed E-state index contributed by atoms with van der Waals surface area (Å²) in [5.41, 5.74) is -0.709. The molecule has 2 aromatic carbocycles. The molecule has 3 rings (SSSR count). The Hall–Kier alpha value is -3.06. The van der Waals surface area contributed by atoms with Crippen molar-refractivity contribution in [1.82, 2.24) is 4.90 Å². The number of amides is 1. The molecule has 1 fully saturated rings. The molecule has 1 atom stereocenters. The van der Waals surface area contributed by atoms with Crippen molar-refractivity contribution in [3.8, 4) is 17.2 Å². The predicted molar refractivity (Wildman–Crippen MR) is 107 cm³/mol. The van der Waals surface area contributed by atoms with Gasteiger partial charge in [0.1, 0.15) is 11.2 Å². The standard InChI is InChI=1S/C22H25NO6/c1-3-28-18-10-6-7-11-19(18)29-17-9-5-4-8-16(17)20(24)23-13-12-22(14-23,15-27-2)21(25)26/h4-11H,3,12-15H2,1-2H3,(H,25,26). The minimum absolute atomic E-state index is 0.0615. The van der Waals surface area contributed by atoms with Crippen LogP contribution >= 0.6 is 0 Å². The van der Waals surface area contributed by atoms with Crippen LogP contribution in [0.25, 0.3) is 0 Å². The Balaban J connectivity index is 1.84. The predicted octanol–water partition coefficient (Wildman–Crippen LogP) is 3.44. The molecule has 7 nitrogen and oxygen atoms in total. The molecular weight excluding hydrogens is 374 g/mol. The van der Waals surface area contributed by atoms with E-state index in [4.69, 9.17) is 14.2 Å². The summed E-state index contributed by atoms with van der Waals surface area (Å²) >= 11 is 0. The molecule has 0 saturated carbocycles. The third-order valence-corrected chi connectivity index (χ3v) is 5.00. The van der Waals surface area contributed by atoms with E-state index in [0.29, 0.717) is 42.4 Å². The molecule has 1 aliphatic rings. The number of ether oxygens (including phenoxy) is 3. The molecule has 0 spiro atoms. The van der Waals surface area contributed by atoms with Gasteiger partial charge in [-0.05, 0) is 37.6 Å². The number of para-hydroxylation sites is 3. The third kappa shape index (κ3) is 4.35. The Morgan fingerprint density at radius 1 is 1.07 bits per heavy atom. The van der Waals surface area contributed by atoms with Gasteiger partial charge in [-0.3, -0.25) is 9.59 Å². The molecule has 1 unspecified atom stereocenters. The lowest BCUT2D eigenvalue weighted by Crippen LogP contribution is -2.40. The van der Waals surface area contributed by atoms with Crippen molar-refractivity contribution in [2.24, 2.45) is 5.41 Å². The number of carboxylic acids is 1. The molecular formula is C22H25NO6. The van der Waals surface area contributed by atoms with Crippen LogP contribution in [-0.2, 0) is 9.53 Å². The van der Waals surface area contributed by atoms with Gasteiger partial charge in [-0.1, -0.05) is 24.3 Å². The van der Waals surface area contributed by atoms with Crippen LogP contribution in [0.15, 0.2) is 48.5 Å². The first-order valence-electron chi connectivity index (χ1n) is 9.51. The lowest BCUT2D eigenvalue weighted by atomic mass is 9.88. The highest BCUT2D eigenvalue weighted by atomic mass is 16.5. The number of methoxy groups -OCH3 is 1. The molecule has 0 bridgehead atoms. The zero-order valence-electron chi connectivity index (χ0n) is 16.6. The molecule has 7 heteroatoms. The molecule has 1 N–H and O–H groups in total. The normalized spacial score (nSPS) is 18.5. The quantitative estimate of drug-likeness (QED) is 0.732. The number of nitrogens with zero attached hydrogens (tertiary/aromatic N) is 1. The first-order valence-corrected chi connectivity index (χ1v) is 9.51. The molecule has 1 amide bonds. The summed E-state index contributed by atoms with van der Waals surface area (Å²) in [6.45, 7) is 2.88. The van der Waals surface area contributed by atoms with Gasteiger partial charge in [0.15, 0.2) is 11.5 Å². The second-order valence-corrected chi connectivity index (χ2v) is 6.97. The molecule has 29 heavy (non-hydrogen) atoms. The van der Waals surface area contributed by atoms with Gasteiger partial charge in [0.05, 0.1) is 18.8 Å². The van der Waals surface area contributed by atoms with E-state index in [2.05, 4.69) is 0 Å². The van der Waals surface area contributed by atoms with Gasteiger partial charge >= 0.3 is 5.97 Å². The molecule has 154 valence electrons. The maximum atomic E-state index is 13.2. The number of likely N-dealkylation sites (tertiary alicyclic amines) is 1. The Kier molecular flexibility index (Phi) is 6.39. The average Bonchev–Trinajstić information content (AvgIpc) is 3.15. The van der Waals surface area contributed by atoms with Crippen LogP contribution in [0.2, 0.25) is 0 Å². The zero-order valence-corrected chi connectivity index (χ0v) is 16.6. The molecule has 1 saturated heterocycles. The fourth-order valence-corrected chi connectivity index (χ4v) is 3.51. The number of rotatable bonds is 8. The van der Waals surface area contributed by atoms with Gasteiger partial charge in [0.2, 0.25) is 0 Å². The second kappa shape index (κ2) is 8.96. The first kappa shape index (κ1) is 20.7. The summed E-state index contributed by atoms with van der Waals surface area (Å²) in [6, 6.07) is 14.2. The fraction of sp³-hybridized carbons (Fsp3) is 0.364. The van der Waals surface area contributed by atoms with Crippen molar-refractivity contribution < 1.29 is 28.9 Å². The van der Waals surface area contributed by atoms with E-state index >= 15 is 0 Å². The second-order valence-electron chi connectivity index (χ2n) is 6.97. The van der Waals surface area contributed by atoms with Crippen LogP contribution in [0.5, 0.6) is 17.2 Å². The maximum absolute atomic E-state index is 13.2. The average molecular weight is 399 g/mol. The van der Waals surface area contributed by atoms with E-state index < -0.39 is 11.4 Å². The highest BCUT2D eigenvalue weighted by Gasteiger charge is 2.46. The number of hydrogen-bond acceptors (Lipinski definition) is 5. The molecule has 0 aliphatic carbocycles. The third-order valence-electron chi connectivity index (χ3n) is 5.00. The van der Waals surface area contributed by atoms with Crippen molar-refractivity contribution >= 4 is 11.9 Å². The van der Waals surface area contributed by atoms with E-state index in [-0.39, 0.29) is 19.1 Å². The van der Waals surface area contributed by atoms with Crippen LogP contribution < -0.4 is 9.47 Å². The molecule has 1 aliphatic heterocycles. The Labute approximate surface area is 169 Å². The number of carbonyl (C=O) groups excluding carboxylic acids is 1. The number of aliphatic carboxylic acids is 1. The van der Waals surface area contributed by atoms with Crippen molar-refractivity contribution in [3.63, 3.8) is 0 Å². The van der Waals surface area contributed by atoms with Crippen LogP contribution in [0.4, 0.5) is 0 Å². The van der Waals surface area contributed by atoms with Gasteiger partial charge in [0.25, 0.3) is 5.91 Å². The highest BCUT2D eigenvalue weighted by molar-refractivity contribution is 5.97. The van der Waals surface area contributed by atoms with Crippen molar-refractivity contribution in [2.75, 3.05) is 33.4 Å². The zero-order chi connectivity index (χ0) is 20.9. The molecule has 2 aromatic rings. The van der Waals surface area contributed by atoms with E-state index in [1.54, 1.807) is 41.3 Å². The summed E-state index contributed by atoms with van der Waals surface area (Å²) in [5, 5.41) is 9.64. The molecule has 0 radical (unpaired) electrons. The summed E-state index contributed by atoms with van der Waals surface area (Å²) < 4.78 is 16.7. The topological polar surface area (TPSA) is 85.3 Å². The first-order chi connectivity index (χ1) is 14.0.